The van der Waals surface area contributed by atoms with E-state index in [-0.39, 0.29) is 12.5 Å². The second-order valence-electron chi connectivity index (χ2n) is 3.76. The minimum Gasteiger partial charge on any atom is -0.394 e. The molecule has 1 amide bonds. The van der Waals surface area contributed by atoms with Gasteiger partial charge >= 0.3 is 0 Å². The average molecular weight is 221 g/mol. The lowest BCUT2D eigenvalue weighted by Gasteiger charge is -2.20. The largest absolute Gasteiger partial charge is 0.394 e. The Labute approximate surface area is 88.5 Å². The SMILES string of the molecule is CC(C)C(O)C(O)C(=O)NCC(O)CO. The molecule has 0 aliphatic carbocycles. The van der Waals surface area contributed by atoms with Crippen molar-refractivity contribution >= 4 is 5.91 Å². The third-order valence-electron chi connectivity index (χ3n) is 2.00. The highest BCUT2D eigenvalue weighted by molar-refractivity contribution is 5.81. The van der Waals surface area contributed by atoms with Crippen molar-refractivity contribution in [3.63, 3.8) is 0 Å². The van der Waals surface area contributed by atoms with Crippen LogP contribution in [0.3, 0.4) is 0 Å². The van der Waals surface area contributed by atoms with E-state index in [1.165, 1.54) is 0 Å². The molecule has 0 aliphatic rings. The molecule has 0 saturated heterocycles. The van der Waals surface area contributed by atoms with Crippen molar-refractivity contribution in [2.24, 2.45) is 5.92 Å². The van der Waals surface area contributed by atoms with Crippen LogP contribution in [0.5, 0.6) is 0 Å². The van der Waals surface area contributed by atoms with Gasteiger partial charge in [0.15, 0.2) is 6.10 Å². The molecule has 0 aliphatic heterocycles. The Morgan fingerprint density at radius 2 is 1.80 bits per heavy atom. The van der Waals surface area contributed by atoms with E-state index in [9.17, 15) is 15.0 Å². The van der Waals surface area contributed by atoms with E-state index in [1.807, 2.05) is 0 Å². The van der Waals surface area contributed by atoms with E-state index in [0.717, 1.165) is 0 Å². The Morgan fingerprint density at radius 1 is 1.27 bits per heavy atom. The van der Waals surface area contributed by atoms with Gasteiger partial charge in [-0.15, -0.1) is 0 Å². The number of aliphatic hydroxyl groups is 4. The highest BCUT2D eigenvalue weighted by Crippen LogP contribution is 2.06. The normalized spacial score (nSPS) is 17.3. The summed E-state index contributed by atoms with van der Waals surface area (Å²) < 4.78 is 0. The molecule has 3 unspecified atom stereocenters. The Morgan fingerprint density at radius 3 is 2.20 bits per heavy atom. The molecule has 0 fully saturated rings. The third kappa shape index (κ3) is 5.08. The second-order valence-corrected chi connectivity index (χ2v) is 3.76. The molecule has 3 atom stereocenters. The maximum absolute atomic E-state index is 11.2. The predicted molar refractivity (Wildman–Crippen MR) is 53.0 cm³/mol. The number of hydrogen-bond donors (Lipinski definition) is 5. The van der Waals surface area contributed by atoms with Gasteiger partial charge < -0.3 is 25.7 Å². The monoisotopic (exact) mass is 221 g/mol. The zero-order chi connectivity index (χ0) is 12.0. The van der Waals surface area contributed by atoms with Crippen LogP contribution in [0.15, 0.2) is 0 Å². The van der Waals surface area contributed by atoms with Crippen molar-refractivity contribution in [1.82, 2.24) is 5.32 Å². The maximum Gasteiger partial charge on any atom is 0.251 e. The van der Waals surface area contributed by atoms with Crippen LogP contribution in [0.4, 0.5) is 0 Å². The fraction of sp³-hybridized carbons (Fsp3) is 0.889. The van der Waals surface area contributed by atoms with Gasteiger partial charge in [-0.3, -0.25) is 4.79 Å². The first-order valence-corrected chi connectivity index (χ1v) is 4.83. The Bertz CT molecular complexity index is 197. The van der Waals surface area contributed by atoms with Gasteiger partial charge in [0, 0.05) is 6.54 Å². The molecule has 0 radical (unpaired) electrons. The molecule has 0 saturated carbocycles. The second kappa shape index (κ2) is 6.73. The van der Waals surface area contributed by atoms with Gasteiger partial charge in [0.1, 0.15) is 0 Å². The summed E-state index contributed by atoms with van der Waals surface area (Å²) in [5.74, 6) is -1.00. The lowest BCUT2D eigenvalue weighted by atomic mass is 10.0. The van der Waals surface area contributed by atoms with Crippen molar-refractivity contribution in [3.8, 4) is 0 Å². The number of rotatable bonds is 6. The minimum atomic E-state index is -1.52. The smallest absolute Gasteiger partial charge is 0.251 e. The number of nitrogens with one attached hydrogen (secondary N) is 1. The van der Waals surface area contributed by atoms with E-state index in [1.54, 1.807) is 13.8 Å². The van der Waals surface area contributed by atoms with Crippen molar-refractivity contribution in [2.75, 3.05) is 13.2 Å². The van der Waals surface area contributed by atoms with Crippen LogP contribution < -0.4 is 5.32 Å². The summed E-state index contributed by atoms with van der Waals surface area (Å²) >= 11 is 0. The fourth-order valence-corrected chi connectivity index (χ4v) is 0.907. The van der Waals surface area contributed by atoms with Crippen LogP contribution in [-0.4, -0.2) is 57.8 Å². The van der Waals surface area contributed by atoms with Gasteiger partial charge in [-0.05, 0) is 5.92 Å². The molecular formula is C9H19NO5. The van der Waals surface area contributed by atoms with Crippen LogP contribution in [0, 0.1) is 5.92 Å². The molecule has 0 aromatic rings. The fourth-order valence-electron chi connectivity index (χ4n) is 0.907. The topological polar surface area (TPSA) is 110 Å². The zero-order valence-electron chi connectivity index (χ0n) is 8.92. The van der Waals surface area contributed by atoms with Crippen LogP contribution in [0.2, 0.25) is 0 Å². The minimum absolute atomic E-state index is 0.156. The summed E-state index contributed by atoms with van der Waals surface area (Å²) in [5.41, 5.74) is 0. The molecule has 90 valence electrons. The number of amides is 1. The molecule has 0 spiro atoms. The molecule has 6 nitrogen and oxygen atoms in total. The summed E-state index contributed by atoms with van der Waals surface area (Å²) in [6, 6.07) is 0. The maximum atomic E-state index is 11.2. The lowest BCUT2D eigenvalue weighted by Crippen LogP contribution is -2.46. The number of carbonyl (C=O) groups is 1. The van der Waals surface area contributed by atoms with E-state index < -0.39 is 30.8 Å². The molecular weight excluding hydrogens is 202 g/mol. The van der Waals surface area contributed by atoms with E-state index in [2.05, 4.69) is 5.32 Å². The first-order chi connectivity index (χ1) is 6.90. The molecule has 0 rings (SSSR count). The van der Waals surface area contributed by atoms with Gasteiger partial charge in [0.25, 0.3) is 5.91 Å². The molecule has 6 heteroatoms. The summed E-state index contributed by atoms with van der Waals surface area (Å²) in [6.45, 7) is 2.72. The Kier molecular flexibility index (Phi) is 6.42. The average Bonchev–Trinajstić information content (AvgIpc) is 2.22. The van der Waals surface area contributed by atoms with Crippen LogP contribution in [0.25, 0.3) is 0 Å². The van der Waals surface area contributed by atoms with Crippen molar-refractivity contribution in [2.45, 2.75) is 32.2 Å². The first kappa shape index (κ1) is 14.3. The summed E-state index contributed by atoms with van der Waals surface area (Å²) in [5, 5.41) is 38.3. The van der Waals surface area contributed by atoms with Gasteiger partial charge in [0.05, 0.1) is 18.8 Å². The van der Waals surface area contributed by atoms with Gasteiger partial charge in [-0.25, -0.2) is 0 Å². The first-order valence-electron chi connectivity index (χ1n) is 4.83. The molecule has 5 N–H and O–H groups in total. The van der Waals surface area contributed by atoms with E-state index in [4.69, 9.17) is 10.2 Å². The van der Waals surface area contributed by atoms with E-state index in [0.29, 0.717) is 0 Å². The van der Waals surface area contributed by atoms with E-state index >= 15 is 0 Å². The van der Waals surface area contributed by atoms with Crippen molar-refractivity contribution in [3.05, 3.63) is 0 Å². The number of hydrogen-bond acceptors (Lipinski definition) is 5. The summed E-state index contributed by atoms with van der Waals surface area (Å²) in [6.07, 6.45) is -3.72. The van der Waals surface area contributed by atoms with Gasteiger partial charge in [-0.2, -0.15) is 0 Å². The quantitative estimate of drug-likeness (QED) is 0.351. The highest BCUT2D eigenvalue weighted by atomic mass is 16.3. The molecule has 0 aromatic carbocycles. The summed E-state index contributed by atoms with van der Waals surface area (Å²) in [7, 11) is 0. The lowest BCUT2D eigenvalue weighted by molar-refractivity contribution is -0.137. The van der Waals surface area contributed by atoms with Crippen LogP contribution >= 0.6 is 0 Å². The Hall–Kier alpha value is -0.690. The molecule has 0 aromatic heterocycles. The number of aliphatic hydroxyl groups excluding tert-OH is 4. The summed E-state index contributed by atoms with van der Waals surface area (Å²) in [4.78, 5) is 11.2. The van der Waals surface area contributed by atoms with Crippen molar-refractivity contribution in [1.29, 1.82) is 0 Å². The molecule has 15 heavy (non-hydrogen) atoms. The van der Waals surface area contributed by atoms with Crippen molar-refractivity contribution < 1.29 is 25.2 Å². The zero-order valence-corrected chi connectivity index (χ0v) is 8.92. The predicted octanol–water partition coefficient (Wildman–Crippen LogP) is -2.17. The van der Waals surface area contributed by atoms with Gasteiger partial charge in [-0.1, -0.05) is 13.8 Å². The number of carbonyl (C=O) groups excluding carboxylic acids is 1. The van der Waals surface area contributed by atoms with Crippen LogP contribution in [-0.2, 0) is 4.79 Å². The van der Waals surface area contributed by atoms with Gasteiger partial charge in [0.2, 0.25) is 0 Å². The standard InChI is InChI=1S/C9H19NO5/c1-5(2)7(13)8(14)9(15)10-3-6(12)4-11/h5-8,11-14H,3-4H2,1-2H3,(H,10,15). The Balaban J connectivity index is 3.99. The highest BCUT2D eigenvalue weighted by Gasteiger charge is 2.26. The molecule has 0 heterocycles. The third-order valence-corrected chi connectivity index (χ3v) is 2.00. The van der Waals surface area contributed by atoms with Crippen LogP contribution in [0.1, 0.15) is 13.8 Å². The molecule has 0 bridgehead atoms.